The number of rotatable bonds is 1. The highest BCUT2D eigenvalue weighted by Gasteiger charge is 1.96. The highest BCUT2D eigenvalue weighted by Crippen LogP contribution is 2.07. The normalized spacial score (nSPS) is 9.13. The highest BCUT2D eigenvalue weighted by atomic mass is 32.1. The smallest absolute Gasteiger partial charge is 0.189 e. The molecule has 0 aliphatic carbocycles. The maximum absolute atomic E-state index is 5.22. The molecule has 0 unspecified atom stereocenters. The van der Waals surface area contributed by atoms with E-state index < -0.39 is 0 Å². The van der Waals surface area contributed by atoms with E-state index in [1.807, 2.05) is 31.2 Å². The average Bonchev–Trinajstić information content (AvgIpc) is 2.19. The van der Waals surface area contributed by atoms with Crippen LogP contribution in [0.2, 0.25) is 0 Å². The maximum atomic E-state index is 5.22. The van der Waals surface area contributed by atoms with Gasteiger partial charge in [-0.1, -0.05) is 17.7 Å². The topological polar surface area (TPSA) is 62.1 Å². The molecule has 15 heavy (non-hydrogen) atoms. The van der Waals surface area contributed by atoms with E-state index in [-0.39, 0.29) is 5.11 Å². The monoisotopic (exact) mass is 240 g/mol. The van der Waals surface area contributed by atoms with Crippen LogP contribution in [0.4, 0.5) is 5.69 Å². The summed E-state index contributed by atoms with van der Waals surface area (Å²) in [7, 11) is 0. The van der Waals surface area contributed by atoms with Crippen LogP contribution in [0.3, 0.4) is 0 Å². The Morgan fingerprint density at radius 3 is 2.27 bits per heavy atom. The molecule has 5 N–H and O–H groups in total. The molecule has 80 valence electrons. The number of nitrogens with one attached hydrogen (secondary N) is 3. The predicted octanol–water partition coefficient (Wildman–Crippen LogP) is 1.03. The third-order valence-corrected chi connectivity index (χ3v) is 1.91. The Kier molecular flexibility index (Phi) is 4.26. The largest absolute Gasteiger partial charge is 0.375 e. The molecule has 0 fully saturated rings. The van der Waals surface area contributed by atoms with Crippen LogP contribution >= 0.6 is 24.4 Å². The molecule has 0 saturated heterocycles. The Bertz CT molecular complexity index is 361. The number of hydrogen-bond acceptors (Lipinski definition) is 2. The molecule has 0 atom stereocenters. The fraction of sp³-hybridized carbons (Fsp3) is 0.111. The lowest BCUT2D eigenvalue weighted by Crippen LogP contribution is -2.46. The highest BCUT2D eigenvalue weighted by molar-refractivity contribution is 7.80. The molecule has 0 aromatic heterocycles. The van der Waals surface area contributed by atoms with Crippen molar-refractivity contribution in [3.8, 4) is 0 Å². The number of thiocarbonyl (C=S) groups is 2. The number of nitrogens with two attached hydrogens (primary N) is 1. The third kappa shape index (κ3) is 4.57. The Morgan fingerprint density at radius 1 is 1.13 bits per heavy atom. The van der Waals surface area contributed by atoms with Gasteiger partial charge in [-0.25, -0.2) is 0 Å². The van der Waals surface area contributed by atoms with E-state index in [2.05, 4.69) is 28.4 Å². The number of anilines is 1. The first-order valence-corrected chi connectivity index (χ1v) is 5.08. The van der Waals surface area contributed by atoms with E-state index in [1.165, 1.54) is 5.56 Å². The van der Waals surface area contributed by atoms with Crippen molar-refractivity contribution in [3.05, 3.63) is 29.8 Å². The summed E-state index contributed by atoms with van der Waals surface area (Å²) in [6.07, 6.45) is 0. The van der Waals surface area contributed by atoms with Gasteiger partial charge in [0.2, 0.25) is 0 Å². The van der Waals surface area contributed by atoms with Crippen molar-refractivity contribution in [2.24, 2.45) is 5.73 Å². The second-order valence-corrected chi connectivity index (χ2v) is 3.78. The molecule has 0 amide bonds. The van der Waals surface area contributed by atoms with Gasteiger partial charge in [0.15, 0.2) is 10.2 Å². The van der Waals surface area contributed by atoms with Crippen molar-refractivity contribution in [2.45, 2.75) is 6.92 Å². The quantitative estimate of drug-likeness (QED) is 0.434. The van der Waals surface area contributed by atoms with Gasteiger partial charge in [0.05, 0.1) is 0 Å². The van der Waals surface area contributed by atoms with E-state index in [9.17, 15) is 0 Å². The minimum absolute atomic E-state index is 0.142. The predicted molar refractivity (Wildman–Crippen MR) is 70.5 cm³/mol. The molecular formula is C9H12N4S2. The first kappa shape index (κ1) is 11.7. The van der Waals surface area contributed by atoms with Crippen LogP contribution in [0.25, 0.3) is 0 Å². The first-order valence-electron chi connectivity index (χ1n) is 4.27. The van der Waals surface area contributed by atoms with Crippen molar-refractivity contribution in [3.63, 3.8) is 0 Å². The number of aryl methyl sites for hydroxylation is 1. The average molecular weight is 240 g/mol. The molecule has 0 heterocycles. The molecule has 0 bridgehead atoms. The molecule has 4 nitrogen and oxygen atoms in total. The fourth-order valence-electron chi connectivity index (χ4n) is 0.918. The second kappa shape index (κ2) is 5.47. The summed E-state index contributed by atoms with van der Waals surface area (Å²) >= 11 is 9.60. The first-order chi connectivity index (χ1) is 7.08. The minimum Gasteiger partial charge on any atom is -0.375 e. The van der Waals surface area contributed by atoms with Gasteiger partial charge in [-0.2, -0.15) is 0 Å². The zero-order valence-electron chi connectivity index (χ0n) is 8.20. The van der Waals surface area contributed by atoms with E-state index >= 15 is 0 Å². The molecule has 1 rings (SSSR count). The summed E-state index contributed by atoms with van der Waals surface area (Å²) in [6.45, 7) is 2.02. The standard InChI is InChI=1S/C9H12N4S2/c1-6-2-4-7(5-3-6)11-9(15)13-12-8(10)14/h2-5H,1H3,(H3,10,12,14)(H2,11,13,15). The molecule has 0 aliphatic rings. The van der Waals surface area contributed by atoms with E-state index in [0.717, 1.165) is 5.69 Å². The van der Waals surface area contributed by atoms with Crippen molar-refractivity contribution in [1.29, 1.82) is 0 Å². The fourth-order valence-corrected chi connectivity index (χ4v) is 1.14. The summed E-state index contributed by atoms with van der Waals surface area (Å²) in [4.78, 5) is 0. The lowest BCUT2D eigenvalue weighted by molar-refractivity contribution is 0.880. The molecule has 0 aliphatic heterocycles. The van der Waals surface area contributed by atoms with Crippen LogP contribution in [0.15, 0.2) is 24.3 Å². The lowest BCUT2D eigenvalue weighted by Gasteiger charge is -2.11. The SMILES string of the molecule is Cc1ccc(NC(=S)NNC(N)=S)cc1. The van der Waals surface area contributed by atoms with E-state index in [4.69, 9.17) is 18.0 Å². The molecule has 0 radical (unpaired) electrons. The molecule has 0 spiro atoms. The molecule has 1 aromatic rings. The molecule has 1 aromatic carbocycles. The number of hydrogen-bond donors (Lipinski definition) is 4. The van der Waals surface area contributed by atoms with Gasteiger partial charge in [0.25, 0.3) is 0 Å². The van der Waals surface area contributed by atoms with Crippen molar-refractivity contribution >= 4 is 40.3 Å². The summed E-state index contributed by atoms with van der Waals surface area (Å²) in [5, 5.41) is 3.52. The van der Waals surface area contributed by atoms with Crippen LogP contribution < -0.4 is 21.9 Å². The van der Waals surface area contributed by atoms with Crippen molar-refractivity contribution < 1.29 is 0 Å². The van der Waals surface area contributed by atoms with Gasteiger partial charge >= 0.3 is 0 Å². The molecule has 0 saturated carbocycles. The maximum Gasteiger partial charge on any atom is 0.189 e. The van der Waals surface area contributed by atoms with E-state index in [0.29, 0.717) is 5.11 Å². The molecule has 6 heteroatoms. The van der Waals surface area contributed by atoms with Gasteiger partial charge in [0, 0.05) is 5.69 Å². The van der Waals surface area contributed by atoms with Crippen LogP contribution in [0.5, 0.6) is 0 Å². The van der Waals surface area contributed by atoms with E-state index in [1.54, 1.807) is 0 Å². The minimum atomic E-state index is 0.142. The van der Waals surface area contributed by atoms with Crippen LogP contribution in [0.1, 0.15) is 5.56 Å². The van der Waals surface area contributed by atoms with Crippen LogP contribution in [-0.4, -0.2) is 10.2 Å². The van der Waals surface area contributed by atoms with Crippen molar-refractivity contribution in [2.75, 3.05) is 5.32 Å². The summed E-state index contributed by atoms with van der Waals surface area (Å²) in [5.74, 6) is 0. The third-order valence-electron chi connectivity index (χ3n) is 1.61. The lowest BCUT2D eigenvalue weighted by atomic mass is 10.2. The van der Waals surface area contributed by atoms with Gasteiger partial charge in [-0.3, -0.25) is 10.9 Å². The Labute approximate surface area is 99.2 Å². The number of hydrazine groups is 1. The van der Waals surface area contributed by atoms with Gasteiger partial charge in [-0.15, -0.1) is 0 Å². The summed E-state index contributed by atoms with van der Waals surface area (Å²) < 4.78 is 0. The summed E-state index contributed by atoms with van der Waals surface area (Å²) in [6, 6.07) is 7.85. The van der Waals surface area contributed by atoms with Gasteiger partial charge in [0.1, 0.15) is 0 Å². The molecular weight excluding hydrogens is 228 g/mol. The Balaban J connectivity index is 2.44. The Morgan fingerprint density at radius 2 is 1.73 bits per heavy atom. The van der Waals surface area contributed by atoms with Gasteiger partial charge < -0.3 is 11.1 Å². The van der Waals surface area contributed by atoms with Crippen LogP contribution in [0, 0.1) is 6.92 Å². The second-order valence-electron chi connectivity index (χ2n) is 2.93. The van der Waals surface area contributed by atoms with Gasteiger partial charge in [-0.05, 0) is 43.5 Å². The van der Waals surface area contributed by atoms with Crippen LogP contribution in [-0.2, 0) is 0 Å². The zero-order chi connectivity index (χ0) is 11.3. The Hall–Kier alpha value is -1.40. The van der Waals surface area contributed by atoms with Crippen molar-refractivity contribution in [1.82, 2.24) is 10.9 Å². The summed E-state index contributed by atoms with van der Waals surface area (Å²) in [5.41, 5.74) is 12.5. The zero-order valence-corrected chi connectivity index (χ0v) is 9.84. The number of benzene rings is 1.